The smallest absolute Gasteiger partial charge is 0.329 e. The first-order valence-electron chi connectivity index (χ1n) is 16.7. The van der Waals surface area contributed by atoms with E-state index < -0.39 is 17.4 Å². The Hall–Kier alpha value is -3.22. The summed E-state index contributed by atoms with van der Waals surface area (Å²) in [6.07, 6.45) is 7.09. The second kappa shape index (κ2) is 33.0. The predicted molar refractivity (Wildman–Crippen MR) is 211 cm³/mol. The summed E-state index contributed by atoms with van der Waals surface area (Å²) < 4.78 is 9.60. The quantitative estimate of drug-likeness (QED) is 0.0606. The highest BCUT2D eigenvalue weighted by Gasteiger charge is 2.30. The van der Waals surface area contributed by atoms with Crippen LogP contribution in [-0.4, -0.2) is 85.5 Å². The van der Waals surface area contributed by atoms with Crippen molar-refractivity contribution in [3.05, 3.63) is 76.8 Å². The number of allylic oxidation sites excluding steroid dienone is 2. The number of amides is 1. The lowest BCUT2D eigenvalue weighted by molar-refractivity contribution is -0.146. The molecule has 2 rings (SSSR count). The summed E-state index contributed by atoms with van der Waals surface area (Å²) >= 11 is 10.5. The van der Waals surface area contributed by atoms with Gasteiger partial charge in [0.05, 0.1) is 31.2 Å². The maximum Gasteiger partial charge on any atom is 0.329 e. The van der Waals surface area contributed by atoms with Crippen LogP contribution in [0.1, 0.15) is 63.8 Å². The number of aryl methyl sites for hydroxylation is 1. The van der Waals surface area contributed by atoms with Gasteiger partial charge in [0.15, 0.2) is 0 Å². The van der Waals surface area contributed by atoms with Gasteiger partial charge in [-0.2, -0.15) is 12.6 Å². The topological polar surface area (TPSA) is 135 Å². The molecule has 0 aliphatic rings. The molecule has 0 spiro atoms. The number of ether oxygens (including phenoxy) is 2. The van der Waals surface area contributed by atoms with E-state index in [1.807, 2.05) is 77.1 Å². The summed E-state index contributed by atoms with van der Waals surface area (Å²) in [6.45, 7) is 13.1. The van der Waals surface area contributed by atoms with Crippen molar-refractivity contribution < 1.29 is 28.7 Å². The van der Waals surface area contributed by atoms with Crippen molar-refractivity contribution in [2.45, 2.75) is 65.7 Å². The maximum atomic E-state index is 12.0. The summed E-state index contributed by atoms with van der Waals surface area (Å²) in [4.78, 5) is 42.8. The van der Waals surface area contributed by atoms with Gasteiger partial charge in [0.2, 0.25) is 5.91 Å². The molecule has 10 nitrogen and oxygen atoms in total. The van der Waals surface area contributed by atoms with Crippen molar-refractivity contribution in [1.82, 2.24) is 21.3 Å². The molecule has 3 unspecified atom stereocenters. The molecule has 2 aromatic carbocycles. The zero-order valence-corrected chi connectivity index (χ0v) is 33.6. The molecule has 3 atom stereocenters. The van der Waals surface area contributed by atoms with Crippen molar-refractivity contribution in [2.75, 3.05) is 55.0 Å². The minimum atomic E-state index is -0.659. The first kappa shape index (κ1) is 51.2. The summed E-state index contributed by atoms with van der Waals surface area (Å²) in [6, 6.07) is 15.3. The number of benzene rings is 2. The van der Waals surface area contributed by atoms with Crippen LogP contribution in [0.3, 0.4) is 0 Å². The number of rotatable bonds is 16. The number of nitrogens with one attached hydrogen (secondary N) is 4. The molecule has 0 fully saturated rings. The molecule has 12 heteroatoms. The third-order valence-corrected chi connectivity index (χ3v) is 7.81. The highest BCUT2D eigenvalue weighted by molar-refractivity contribution is 7.80. The Kier molecular flexibility index (Phi) is 33.7. The van der Waals surface area contributed by atoms with Gasteiger partial charge >= 0.3 is 5.97 Å². The highest BCUT2D eigenvalue weighted by atomic mass is 35.5. The second-order valence-corrected chi connectivity index (χ2v) is 12.3. The van der Waals surface area contributed by atoms with Crippen LogP contribution in [0.2, 0.25) is 5.02 Å². The number of thiol groups is 1. The Morgan fingerprint density at radius 2 is 1.60 bits per heavy atom. The number of likely N-dealkylation sites (N-methyl/N-ethyl adjacent to an activating group) is 2. The van der Waals surface area contributed by atoms with Crippen LogP contribution >= 0.6 is 24.2 Å². The number of carbonyl (C=O) groups excluding carboxylic acids is 4. The predicted octanol–water partition coefficient (Wildman–Crippen LogP) is 6.03. The molecule has 0 saturated carbocycles. The highest BCUT2D eigenvalue weighted by Crippen LogP contribution is 2.31. The summed E-state index contributed by atoms with van der Waals surface area (Å²) in [7, 11) is 8.13. The van der Waals surface area contributed by atoms with Gasteiger partial charge in [-0.25, -0.2) is 4.79 Å². The molecule has 0 radical (unpaired) electrons. The average molecular weight is 739 g/mol. The van der Waals surface area contributed by atoms with Gasteiger partial charge in [-0.1, -0.05) is 74.8 Å². The summed E-state index contributed by atoms with van der Waals surface area (Å²) in [5.74, 6) is 0.597. The Balaban J connectivity index is -0.000000618. The maximum absolute atomic E-state index is 12.0. The zero-order valence-electron chi connectivity index (χ0n) is 32.0. The minimum Gasteiger partial charge on any atom is -0.495 e. The summed E-state index contributed by atoms with van der Waals surface area (Å²) in [5, 5.41) is 12.1. The molecular formula is C38H63ClN4O6S. The van der Waals surface area contributed by atoms with Crippen molar-refractivity contribution in [3.63, 3.8) is 0 Å². The Morgan fingerprint density at radius 3 is 2.04 bits per heavy atom. The second-order valence-electron chi connectivity index (χ2n) is 11.4. The van der Waals surface area contributed by atoms with Crippen LogP contribution in [-0.2, 0) is 23.9 Å². The Bertz CT molecular complexity index is 1200. The lowest BCUT2D eigenvalue weighted by atomic mass is 9.92. The van der Waals surface area contributed by atoms with E-state index in [4.69, 9.17) is 16.3 Å². The van der Waals surface area contributed by atoms with Crippen LogP contribution in [0.4, 0.5) is 0 Å². The van der Waals surface area contributed by atoms with Crippen molar-refractivity contribution in [2.24, 2.45) is 11.3 Å². The number of hydrogen-bond donors (Lipinski definition) is 5. The molecule has 4 N–H and O–H groups in total. The monoisotopic (exact) mass is 738 g/mol. The molecule has 0 aliphatic heterocycles. The largest absolute Gasteiger partial charge is 0.495 e. The number of aldehydes is 2. The number of methoxy groups -OCH3 is 2. The number of halogens is 1. The molecule has 0 saturated heterocycles. The zero-order chi connectivity index (χ0) is 39.0. The molecule has 0 aromatic heterocycles. The van der Waals surface area contributed by atoms with Gasteiger partial charge in [-0.15, -0.1) is 0 Å². The normalized spacial score (nSPS) is 11.9. The van der Waals surface area contributed by atoms with Gasteiger partial charge in [-0.3, -0.25) is 9.59 Å². The molecule has 284 valence electrons. The van der Waals surface area contributed by atoms with Gasteiger partial charge < -0.3 is 35.5 Å². The van der Waals surface area contributed by atoms with Gasteiger partial charge in [0.25, 0.3) is 0 Å². The van der Waals surface area contributed by atoms with Gasteiger partial charge in [-0.05, 0) is 90.0 Å². The average Bonchev–Trinajstić information content (AvgIpc) is 3.11. The third-order valence-electron chi connectivity index (χ3n) is 6.71. The van der Waals surface area contributed by atoms with Crippen LogP contribution in [0.5, 0.6) is 5.75 Å². The molecule has 0 heterocycles. The SMILES string of the molecule is CC.CC(CC/C=C/C=O)C(S)c1ccccc1.CNCC(NC(=O)C(C)(C)CNC)C(=O)OC.CNCC=O.COc1ccc(C)cc1Cl. The summed E-state index contributed by atoms with van der Waals surface area (Å²) in [5.41, 5.74) is 1.83. The Morgan fingerprint density at radius 1 is 0.980 bits per heavy atom. The number of esters is 1. The van der Waals surface area contributed by atoms with Crippen molar-refractivity contribution in [1.29, 1.82) is 0 Å². The first-order chi connectivity index (χ1) is 23.8. The molecule has 1 amide bonds. The van der Waals surface area contributed by atoms with Crippen LogP contribution in [0, 0.1) is 18.3 Å². The van der Waals surface area contributed by atoms with Crippen molar-refractivity contribution in [3.8, 4) is 5.75 Å². The fourth-order valence-electron chi connectivity index (χ4n) is 3.92. The van der Waals surface area contributed by atoms with Gasteiger partial charge in [0.1, 0.15) is 24.4 Å². The van der Waals surface area contributed by atoms with E-state index >= 15 is 0 Å². The van der Waals surface area contributed by atoms with E-state index in [0.717, 1.165) is 36.7 Å². The number of hydrogen-bond acceptors (Lipinski definition) is 10. The van der Waals surface area contributed by atoms with E-state index in [9.17, 15) is 19.2 Å². The van der Waals surface area contributed by atoms with E-state index in [0.29, 0.717) is 30.6 Å². The third kappa shape index (κ3) is 24.8. The molecule has 2 aromatic rings. The molecule has 0 aliphatic carbocycles. The van der Waals surface area contributed by atoms with E-state index in [1.165, 1.54) is 12.7 Å². The molecule has 0 bridgehead atoms. The van der Waals surface area contributed by atoms with E-state index in [-0.39, 0.29) is 11.2 Å². The molecule has 50 heavy (non-hydrogen) atoms. The minimum absolute atomic E-state index is 0.183. The lowest BCUT2D eigenvalue weighted by Gasteiger charge is -2.26. The standard InChI is InChI=1S/C14H18OS.C11H23N3O3.C8H9ClO.C3H7NO.C2H6/c1-12(8-4-3-7-11-15)14(16)13-9-5-2-6-10-13;1-11(2,7-13-4)10(16)14-8(6-12-3)9(15)17-5;1-6-3-4-8(10-2)7(9)5-6;1-4-2-3-5;1-2/h2-3,5-7,9-12,14,16H,4,8H2,1H3;8,12-13H,6-7H2,1-5H3,(H,14,16);3-5H,1-2H3;3-4H,2H2,1H3;1-2H3/b7-3+;;;;. The Labute approximate surface area is 312 Å². The first-order valence-corrected chi connectivity index (χ1v) is 17.6. The lowest BCUT2D eigenvalue weighted by Crippen LogP contribution is -2.52. The van der Waals surface area contributed by atoms with Crippen LogP contribution < -0.4 is 26.0 Å². The van der Waals surface area contributed by atoms with Crippen LogP contribution in [0.25, 0.3) is 0 Å². The number of carbonyl (C=O) groups is 4. The van der Waals surface area contributed by atoms with E-state index in [1.54, 1.807) is 34.3 Å². The fraction of sp³-hybridized carbons (Fsp3) is 0.526. The van der Waals surface area contributed by atoms with E-state index in [2.05, 4.69) is 57.7 Å². The molecular weight excluding hydrogens is 676 g/mol. The fourth-order valence-corrected chi connectivity index (χ4v) is 4.55. The van der Waals surface area contributed by atoms with Crippen LogP contribution in [0.15, 0.2) is 60.7 Å². The van der Waals surface area contributed by atoms with Gasteiger partial charge in [0, 0.05) is 18.3 Å². The van der Waals surface area contributed by atoms with Crippen molar-refractivity contribution >= 4 is 48.7 Å².